The second-order valence-electron chi connectivity index (χ2n) is 4.47. The van der Waals surface area contributed by atoms with Gasteiger partial charge in [-0.25, -0.2) is 9.79 Å². The van der Waals surface area contributed by atoms with Crippen molar-refractivity contribution in [2.75, 3.05) is 6.54 Å². The highest BCUT2D eigenvalue weighted by Crippen LogP contribution is 2.07. The summed E-state index contributed by atoms with van der Waals surface area (Å²) in [6.45, 7) is 1.22. The summed E-state index contributed by atoms with van der Waals surface area (Å²) in [7, 11) is 0. The van der Waals surface area contributed by atoms with E-state index in [1.165, 1.54) is 6.08 Å². The Morgan fingerprint density at radius 1 is 1.14 bits per heavy atom. The predicted molar refractivity (Wildman–Crippen MR) is 79.1 cm³/mol. The van der Waals surface area contributed by atoms with Gasteiger partial charge in [-0.05, 0) is 24.1 Å². The average molecular weight is 284 g/mol. The molecule has 0 spiro atoms. The van der Waals surface area contributed by atoms with Crippen molar-refractivity contribution in [2.45, 2.75) is 19.6 Å². The molecule has 0 fully saturated rings. The third kappa shape index (κ3) is 4.44. The summed E-state index contributed by atoms with van der Waals surface area (Å²) in [4.78, 5) is 25.6. The second kappa shape index (κ2) is 7.82. The first-order valence-electron chi connectivity index (χ1n) is 6.71. The Labute approximate surface area is 122 Å². The van der Waals surface area contributed by atoms with Crippen molar-refractivity contribution in [3.05, 3.63) is 64.6 Å². The van der Waals surface area contributed by atoms with E-state index in [9.17, 15) is 9.59 Å². The molecule has 0 unspecified atom stereocenters. The van der Waals surface area contributed by atoms with Gasteiger partial charge in [0.1, 0.15) is 6.61 Å². The zero-order chi connectivity index (χ0) is 14.9. The molecule has 0 atom stereocenters. The summed E-state index contributed by atoms with van der Waals surface area (Å²) >= 11 is 0. The van der Waals surface area contributed by atoms with Crippen LogP contribution in [-0.2, 0) is 17.9 Å². The van der Waals surface area contributed by atoms with Gasteiger partial charge in [-0.3, -0.25) is 4.79 Å². The Hall–Kier alpha value is -2.65. The Morgan fingerprint density at radius 2 is 1.95 bits per heavy atom. The van der Waals surface area contributed by atoms with Crippen molar-refractivity contribution in [2.24, 2.45) is 4.99 Å². The summed E-state index contributed by atoms with van der Waals surface area (Å²) < 4.78 is 7.13. The van der Waals surface area contributed by atoms with Gasteiger partial charge in [0.05, 0.1) is 6.54 Å². The lowest BCUT2D eigenvalue weighted by molar-refractivity contribution is 0.299. The molecule has 0 saturated heterocycles. The number of ether oxygens (including phenoxy) is 1. The number of aromatic nitrogens is 1. The maximum absolute atomic E-state index is 12.2. The zero-order valence-corrected chi connectivity index (χ0v) is 11.6. The third-order valence-electron chi connectivity index (χ3n) is 2.96. The predicted octanol–water partition coefficient (Wildman–Crippen LogP) is 2.15. The minimum absolute atomic E-state index is 0.177. The Bertz CT molecular complexity index is 673. The number of aliphatic imine (C=N–C) groups is 1. The van der Waals surface area contributed by atoms with Crippen molar-refractivity contribution in [1.29, 1.82) is 0 Å². The number of hydrogen-bond donors (Lipinski definition) is 0. The number of benzene rings is 1. The minimum Gasteiger partial charge on any atom is -0.483 e. The number of hydrogen-bond acceptors (Lipinski definition) is 4. The van der Waals surface area contributed by atoms with Gasteiger partial charge < -0.3 is 9.30 Å². The molecule has 0 N–H and O–H groups in total. The van der Waals surface area contributed by atoms with Crippen molar-refractivity contribution >= 4 is 6.08 Å². The maximum atomic E-state index is 12.2. The molecule has 0 saturated carbocycles. The first-order valence-corrected chi connectivity index (χ1v) is 6.71. The van der Waals surface area contributed by atoms with Crippen LogP contribution in [0.15, 0.2) is 58.4 Å². The van der Waals surface area contributed by atoms with Crippen molar-refractivity contribution in [3.63, 3.8) is 0 Å². The third-order valence-corrected chi connectivity index (χ3v) is 2.96. The van der Waals surface area contributed by atoms with Crippen LogP contribution >= 0.6 is 0 Å². The van der Waals surface area contributed by atoms with E-state index in [1.807, 2.05) is 30.3 Å². The van der Waals surface area contributed by atoms with Crippen molar-refractivity contribution in [3.8, 4) is 5.75 Å². The lowest BCUT2D eigenvalue weighted by Crippen LogP contribution is -2.21. The van der Waals surface area contributed by atoms with E-state index in [2.05, 4.69) is 4.99 Å². The molecule has 1 heterocycles. The molecule has 5 heteroatoms. The van der Waals surface area contributed by atoms with Gasteiger partial charge in [-0.2, -0.15) is 0 Å². The summed E-state index contributed by atoms with van der Waals surface area (Å²) in [6.07, 6.45) is 3.79. The minimum atomic E-state index is -0.177. The van der Waals surface area contributed by atoms with E-state index < -0.39 is 0 Å². The van der Waals surface area contributed by atoms with E-state index in [0.29, 0.717) is 31.9 Å². The van der Waals surface area contributed by atoms with Gasteiger partial charge in [0, 0.05) is 12.7 Å². The largest absolute Gasteiger partial charge is 0.483 e. The molecule has 0 aliphatic rings. The summed E-state index contributed by atoms with van der Waals surface area (Å²) in [5, 5.41) is 0. The molecule has 0 radical (unpaired) electrons. The lowest BCUT2D eigenvalue weighted by Gasteiger charge is -2.09. The molecule has 5 nitrogen and oxygen atoms in total. The molecule has 1 aromatic carbocycles. The molecule has 1 aromatic heterocycles. The highest BCUT2D eigenvalue weighted by molar-refractivity contribution is 5.32. The van der Waals surface area contributed by atoms with Crippen LogP contribution in [0.2, 0.25) is 0 Å². The molecular weight excluding hydrogens is 268 g/mol. The molecule has 21 heavy (non-hydrogen) atoms. The number of aryl methyl sites for hydroxylation is 1. The molecule has 2 rings (SSSR count). The molecule has 0 amide bonds. The lowest BCUT2D eigenvalue weighted by atomic mass is 10.2. The van der Waals surface area contributed by atoms with Gasteiger partial charge >= 0.3 is 0 Å². The van der Waals surface area contributed by atoms with Crippen LogP contribution < -0.4 is 10.3 Å². The molecule has 0 aliphatic heterocycles. The van der Waals surface area contributed by atoms with Crippen molar-refractivity contribution < 1.29 is 9.53 Å². The van der Waals surface area contributed by atoms with E-state index >= 15 is 0 Å². The molecule has 0 aliphatic carbocycles. The fourth-order valence-corrected chi connectivity index (χ4v) is 1.90. The van der Waals surface area contributed by atoms with Crippen LogP contribution in [-0.4, -0.2) is 17.2 Å². The normalized spacial score (nSPS) is 9.90. The van der Waals surface area contributed by atoms with Gasteiger partial charge in [0.25, 0.3) is 5.56 Å². The van der Waals surface area contributed by atoms with E-state index in [-0.39, 0.29) is 5.56 Å². The Balaban J connectivity index is 2.00. The van der Waals surface area contributed by atoms with Gasteiger partial charge in [-0.15, -0.1) is 0 Å². The SMILES string of the molecule is O=C=NCCCn1cccc(OCc2ccccc2)c1=O. The molecule has 108 valence electrons. The Kier molecular flexibility index (Phi) is 5.50. The van der Waals surface area contributed by atoms with E-state index in [0.717, 1.165) is 5.56 Å². The molecule has 0 bridgehead atoms. The first-order chi connectivity index (χ1) is 10.3. The highest BCUT2D eigenvalue weighted by Gasteiger charge is 2.04. The summed E-state index contributed by atoms with van der Waals surface area (Å²) in [5.74, 6) is 0.320. The molecular formula is C16H16N2O3. The van der Waals surface area contributed by atoms with E-state index in [1.54, 1.807) is 22.9 Å². The standard InChI is InChI=1S/C16H16N2O3/c19-13-17-9-5-11-18-10-4-8-15(16(18)20)21-12-14-6-2-1-3-7-14/h1-4,6-8,10H,5,9,11-12H2. The number of pyridine rings is 1. The maximum Gasteiger partial charge on any atom is 0.292 e. The zero-order valence-electron chi connectivity index (χ0n) is 11.6. The highest BCUT2D eigenvalue weighted by atomic mass is 16.5. The Morgan fingerprint density at radius 3 is 2.71 bits per heavy atom. The molecule has 2 aromatic rings. The first kappa shape index (κ1) is 14.8. The van der Waals surface area contributed by atoms with Crippen LogP contribution in [0.3, 0.4) is 0 Å². The fourth-order valence-electron chi connectivity index (χ4n) is 1.90. The topological polar surface area (TPSA) is 60.7 Å². The second-order valence-corrected chi connectivity index (χ2v) is 4.47. The average Bonchev–Trinajstić information content (AvgIpc) is 2.53. The number of nitrogens with zero attached hydrogens (tertiary/aromatic N) is 2. The van der Waals surface area contributed by atoms with E-state index in [4.69, 9.17) is 4.74 Å². The van der Waals surface area contributed by atoms with Crippen molar-refractivity contribution in [1.82, 2.24) is 4.57 Å². The smallest absolute Gasteiger partial charge is 0.292 e. The fraction of sp³-hybridized carbons (Fsp3) is 0.250. The number of carbonyl (C=O) groups excluding carboxylic acids is 1. The van der Waals surface area contributed by atoms with Crippen LogP contribution in [0.1, 0.15) is 12.0 Å². The van der Waals surface area contributed by atoms with Crippen LogP contribution in [0, 0.1) is 0 Å². The van der Waals surface area contributed by atoms with Gasteiger partial charge in [0.15, 0.2) is 5.75 Å². The van der Waals surface area contributed by atoms with Crippen LogP contribution in [0.5, 0.6) is 5.75 Å². The number of isocyanates is 1. The monoisotopic (exact) mass is 284 g/mol. The summed E-state index contributed by atoms with van der Waals surface area (Å²) in [5.41, 5.74) is 0.830. The van der Waals surface area contributed by atoms with Gasteiger partial charge in [0.2, 0.25) is 6.08 Å². The van der Waals surface area contributed by atoms with Crippen LogP contribution in [0.25, 0.3) is 0 Å². The quantitative estimate of drug-likeness (QED) is 0.444. The van der Waals surface area contributed by atoms with Gasteiger partial charge in [-0.1, -0.05) is 30.3 Å². The number of rotatable bonds is 7. The summed E-state index contributed by atoms with van der Waals surface area (Å²) in [6, 6.07) is 13.1. The van der Waals surface area contributed by atoms with Crippen LogP contribution in [0.4, 0.5) is 0 Å².